The first kappa shape index (κ1) is 41.5. The van der Waals surface area contributed by atoms with Gasteiger partial charge in [-0.25, -0.2) is 4.98 Å². The number of hydrogen-bond acceptors (Lipinski definition) is 4. The van der Waals surface area contributed by atoms with Gasteiger partial charge >= 0.3 is 0 Å². The summed E-state index contributed by atoms with van der Waals surface area (Å²) in [6, 6.07) is 40.8. The quantitative estimate of drug-likeness (QED) is 0.123. The van der Waals surface area contributed by atoms with E-state index < -0.39 is 8.07 Å². The molecule has 1 saturated carbocycles. The largest absolute Gasteiger partial charge is 0.486 e. The van der Waals surface area contributed by atoms with E-state index in [1.54, 1.807) is 0 Å². The molecule has 0 saturated heterocycles. The Morgan fingerprint density at radius 3 is 2.26 bits per heavy atom. The van der Waals surface area contributed by atoms with Gasteiger partial charge in [0.05, 0.1) is 30.5 Å². The molecule has 58 heavy (non-hydrogen) atoms. The molecule has 0 aliphatic heterocycles. The van der Waals surface area contributed by atoms with Gasteiger partial charge in [0.15, 0.2) is 0 Å². The van der Waals surface area contributed by atoms with Gasteiger partial charge in [0.1, 0.15) is 0 Å². The van der Waals surface area contributed by atoms with Crippen molar-refractivity contribution >= 4 is 46.4 Å². The first-order chi connectivity index (χ1) is 27.3. The van der Waals surface area contributed by atoms with Crippen LogP contribution in [0.25, 0.3) is 61.4 Å². The molecule has 1 aliphatic rings. The van der Waals surface area contributed by atoms with Crippen molar-refractivity contribution in [3.05, 3.63) is 138 Å². The fourth-order valence-corrected chi connectivity index (χ4v) is 9.27. The second-order valence-corrected chi connectivity index (χ2v) is 23.2. The fourth-order valence-electron chi connectivity index (χ4n) is 8.24. The monoisotopic (exact) mass is 959 g/mol. The standard InChI is InChI=1S/C31H35N2.C20H19N2OSi.Ir/c1-21(2)25-19-24(22-13-9-10-14-22)20-26(31(3,4)5)29(25)33-28-18-12-11-17-27(28)32-30(33)23-15-7-6-8-16-23;1-13-5-8-16-17-11-14(6-10-19(17)23-20(16)22-13)18-9-7-15(12-21-18)24(2,3)4;/h6-8,11-12,15,17-22H,9-10,13-14H2,1-5H3;5,7-12H,1-4H3;/q2*-1;. The topological polar surface area (TPSA) is 56.7 Å². The average molecular weight is 959 g/mol. The zero-order chi connectivity index (χ0) is 40.1. The van der Waals surface area contributed by atoms with Gasteiger partial charge in [-0.15, -0.1) is 59.7 Å². The Hall–Kier alpha value is -4.68. The Bertz CT molecular complexity index is 2690. The second kappa shape index (κ2) is 16.5. The molecule has 0 unspecified atom stereocenters. The number of nitrogens with zero attached hydrogens (tertiary/aromatic N) is 4. The molecule has 0 amide bonds. The van der Waals surface area contributed by atoms with Gasteiger partial charge in [-0.05, 0) is 88.9 Å². The summed E-state index contributed by atoms with van der Waals surface area (Å²) < 4.78 is 8.24. The minimum atomic E-state index is -1.33. The molecule has 4 aromatic heterocycles. The third kappa shape index (κ3) is 8.27. The van der Waals surface area contributed by atoms with Crippen molar-refractivity contribution in [2.24, 2.45) is 0 Å². The fraction of sp³-hybridized carbons (Fsp3) is 0.314. The molecular weight excluding hydrogens is 905 g/mol. The van der Waals surface area contributed by atoms with E-state index in [0.717, 1.165) is 55.7 Å². The first-order valence-corrected chi connectivity index (χ1v) is 24.1. The van der Waals surface area contributed by atoms with Gasteiger partial charge in [0.2, 0.25) is 5.71 Å². The molecule has 7 heteroatoms. The van der Waals surface area contributed by atoms with E-state index in [0.29, 0.717) is 17.5 Å². The van der Waals surface area contributed by atoms with Crippen LogP contribution in [0.5, 0.6) is 0 Å². The van der Waals surface area contributed by atoms with Gasteiger partial charge in [-0.2, -0.15) is 0 Å². The molecule has 9 rings (SSSR count). The summed E-state index contributed by atoms with van der Waals surface area (Å²) in [5.74, 6) is 2.08. The zero-order valence-electron chi connectivity index (χ0n) is 35.3. The van der Waals surface area contributed by atoms with Gasteiger partial charge in [0.25, 0.3) is 0 Å². The smallest absolute Gasteiger partial charge is 0.216 e. The van der Waals surface area contributed by atoms with E-state index in [-0.39, 0.29) is 25.5 Å². The third-order valence-electron chi connectivity index (χ3n) is 11.5. The summed E-state index contributed by atoms with van der Waals surface area (Å²) in [5, 5.41) is 3.45. The summed E-state index contributed by atoms with van der Waals surface area (Å²) in [4.78, 5) is 14.2. The number of fused-ring (bicyclic) bond motifs is 4. The maximum Gasteiger partial charge on any atom is 0.216 e. The van der Waals surface area contributed by atoms with Gasteiger partial charge in [-0.3, -0.25) is 4.98 Å². The number of hydrogen-bond donors (Lipinski definition) is 0. The van der Waals surface area contributed by atoms with Crippen LogP contribution in [-0.4, -0.2) is 27.6 Å². The number of benzene rings is 4. The predicted molar refractivity (Wildman–Crippen MR) is 241 cm³/mol. The number of imidazole rings is 1. The molecule has 4 aromatic carbocycles. The van der Waals surface area contributed by atoms with Crippen LogP contribution in [0, 0.1) is 19.1 Å². The van der Waals surface area contributed by atoms with Gasteiger partial charge in [-0.1, -0.05) is 109 Å². The Morgan fingerprint density at radius 1 is 0.828 bits per heavy atom. The van der Waals surface area contributed by atoms with Crippen LogP contribution >= 0.6 is 0 Å². The molecule has 5 nitrogen and oxygen atoms in total. The molecule has 299 valence electrons. The number of pyridine rings is 2. The molecule has 0 spiro atoms. The van der Waals surface area contributed by atoms with Crippen LogP contribution in [0.4, 0.5) is 0 Å². The summed E-state index contributed by atoms with van der Waals surface area (Å²) in [6.45, 7) is 20.7. The Labute approximate surface area is 358 Å². The number of furan rings is 1. The van der Waals surface area contributed by atoms with Crippen LogP contribution < -0.4 is 5.19 Å². The molecular formula is C51H54IrN4OSi-2. The van der Waals surface area contributed by atoms with Crippen molar-refractivity contribution < 1.29 is 24.5 Å². The number of rotatable bonds is 6. The Morgan fingerprint density at radius 2 is 1.59 bits per heavy atom. The van der Waals surface area contributed by atoms with Crippen LogP contribution in [0.1, 0.15) is 94.5 Å². The molecule has 1 aliphatic carbocycles. The molecule has 1 radical (unpaired) electrons. The average Bonchev–Trinajstić information content (AvgIpc) is 3.95. The number of para-hydroxylation sites is 2. The van der Waals surface area contributed by atoms with Gasteiger partial charge in [0, 0.05) is 43.1 Å². The van der Waals surface area contributed by atoms with Crippen molar-refractivity contribution in [2.45, 2.75) is 104 Å². The summed E-state index contributed by atoms with van der Waals surface area (Å²) in [5.41, 5.74) is 13.3. The predicted octanol–water partition coefficient (Wildman–Crippen LogP) is 13.3. The van der Waals surface area contributed by atoms with E-state index in [4.69, 9.17) is 9.40 Å². The molecule has 0 N–H and O–H groups in total. The van der Waals surface area contributed by atoms with Crippen LogP contribution in [-0.2, 0) is 25.5 Å². The second-order valence-electron chi connectivity index (χ2n) is 18.1. The molecule has 4 heterocycles. The van der Waals surface area contributed by atoms with E-state index in [9.17, 15) is 0 Å². The van der Waals surface area contributed by atoms with Crippen molar-refractivity contribution in [1.82, 2.24) is 19.5 Å². The number of aryl methyl sites for hydroxylation is 1. The van der Waals surface area contributed by atoms with Crippen molar-refractivity contribution in [3.8, 4) is 28.3 Å². The summed E-state index contributed by atoms with van der Waals surface area (Å²) in [7, 11) is -1.33. The minimum Gasteiger partial charge on any atom is -0.486 e. The maximum atomic E-state index is 5.83. The van der Waals surface area contributed by atoms with Crippen molar-refractivity contribution in [3.63, 3.8) is 0 Å². The van der Waals surface area contributed by atoms with Crippen LogP contribution in [0.2, 0.25) is 19.6 Å². The summed E-state index contributed by atoms with van der Waals surface area (Å²) in [6.07, 6.45) is 7.36. The zero-order valence-corrected chi connectivity index (χ0v) is 38.7. The molecule has 0 atom stereocenters. The molecule has 1 fully saturated rings. The van der Waals surface area contributed by atoms with Crippen molar-refractivity contribution in [2.75, 3.05) is 0 Å². The summed E-state index contributed by atoms with van der Waals surface area (Å²) >= 11 is 0. The SMILES string of the molecule is CC(C)c1cc(C2CCCC2)cc(C(C)(C)C)c1-n1c(-c2[c-]cccc2)nc2ccccc21.Cc1ccc2c(n1)oc1c[c-]c(-c3ccc([Si](C)(C)C)cn3)cc12.[Ir]. The Balaban J connectivity index is 0.000000182. The number of aromatic nitrogens is 4. The Kier molecular flexibility index (Phi) is 11.8. The minimum absolute atomic E-state index is 0. The third-order valence-corrected chi connectivity index (χ3v) is 13.5. The van der Waals surface area contributed by atoms with E-state index >= 15 is 0 Å². The first-order valence-electron chi connectivity index (χ1n) is 20.6. The van der Waals surface area contributed by atoms with E-state index in [2.05, 4.69) is 154 Å². The van der Waals surface area contributed by atoms with Crippen LogP contribution in [0.3, 0.4) is 0 Å². The van der Waals surface area contributed by atoms with Crippen molar-refractivity contribution in [1.29, 1.82) is 0 Å². The van der Waals surface area contributed by atoms with E-state index in [1.165, 1.54) is 53.2 Å². The van der Waals surface area contributed by atoms with Gasteiger partial charge < -0.3 is 14.0 Å². The molecule has 0 bridgehead atoms. The normalized spacial score (nSPS) is 13.6. The molecule has 8 aromatic rings. The maximum absolute atomic E-state index is 5.83. The van der Waals surface area contributed by atoms with Crippen LogP contribution in [0.15, 0.2) is 108 Å². The van der Waals surface area contributed by atoms with E-state index in [1.807, 2.05) is 37.4 Å².